The number of hydrogen-bond acceptors (Lipinski definition) is 4. The molecule has 3 rings (SSSR count). The molecule has 0 fully saturated rings. The van der Waals surface area contributed by atoms with E-state index in [9.17, 15) is 4.79 Å². The molecule has 27 heavy (non-hydrogen) atoms. The molecule has 138 valence electrons. The molecule has 6 nitrogen and oxygen atoms in total. The van der Waals surface area contributed by atoms with Crippen LogP contribution in [-0.4, -0.2) is 36.4 Å². The summed E-state index contributed by atoms with van der Waals surface area (Å²) in [6.07, 6.45) is 1.58. The lowest BCUT2D eigenvalue weighted by atomic mass is 10.1. The fourth-order valence-electron chi connectivity index (χ4n) is 2.33. The molecular formula is C19H17Cl2N5O. The van der Waals surface area contributed by atoms with Gasteiger partial charge in [-0.3, -0.25) is 9.89 Å². The Kier molecular flexibility index (Phi) is 5.78. The third kappa shape index (κ3) is 4.67. The number of aromatic nitrogens is 2. The Bertz CT molecular complexity index is 980. The van der Waals surface area contributed by atoms with Crippen molar-refractivity contribution in [1.82, 2.24) is 15.6 Å². The zero-order valence-electron chi connectivity index (χ0n) is 14.7. The molecular weight excluding hydrogens is 385 g/mol. The molecule has 3 aromatic rings. The van der Waals surface area contributed by atoms with E-state index in [0.29, 0.717) is 15.7 Å². The molecule has 0 saturated heterocycles. The van der Waals surface area contributed by atoms with Crippen LogP contribution in [0, 0.1) is 0 Å². The van der Waals surface area contributed by atoms with Crippen LogP contribution in [0.1, 0.15) is 16.1 Å². The second kappa shape index (κ2) is 8.24. The highest BCUT2D eigenvalue weighted by atomic mass is 35.5. The number of aromatic amines is 1. The maximum atomic E-state index is 12.2. The molecule has 0 radical (unpaired) electrons. The van der Waals surface area contributed by atoms with Gasteiger partial charge in [0.05, 0.1) is 22.0 Å². The van der Waals surface area contributed by atoms with Crippen molar-refractivity contribution in [1.29, 1.82) is 0 Å². The van der Waals surface area contributed by atoms with Gasteiger partial charge < -0.3 is 4.90 Å². The Hall–Kier alpha value is -2.83. The van der Waals surface area contributed by atoms with E-state index in [4.69, 9.17) is 23.2 Å². The van der Waals surface area contributed by atoms with Gasteiger partial charge in [0.25, 0.3) is 5.91 Å². The predicted octanol–water partition coefficient (Wildman–Crippen LogP) is 4.21. The van der Waals surface area contributed by atoms with Gasteiger partial charge in [0.1, 0.15) is 5.69 Å². The van der Waals surface area contributed by atoms with E-state index in [1.807, 2.05) is 43.3 Å². The number of halogens is 2. The van der Waals surface area contributed by atoms with Crippen LogP contribution in [-0.2, 0) is 0 Å². The Morgan fingerprint density at radius 1 is 1.11 bits per heavy atom. The van der Waals surface area contributed by atoms with Gasteiger partial charge in [-0.2, -0.15) is 10.2 Å². The largest absolute Gasteiger partial charge is 0.378 e. The van der Waals surface area contributed by atoms with Crippen molar-refractivity contribution in [2.75, 3.05) is 19.0 Å². The van der Waals surface area contributed by atoms with Crippen LogP contribution >= 0.6 is 23.2 Å². The fourth-order valence-corrected chi connectivity index (χ4v) is 2.62. The van der Waals surface area contributed by atoms with Gasteiger partial charge in [-0.05, 0) is 35.9 Å². The zero-order chi connectivity index (χ0) is 19.4. The number of nitrogens with zero attached hydrogens (tertiary/aromatic N) is 3. The first-order valence-corrected chi connectivity index (χ1v) is 8.81. The highest BCUT2D eigenvalue weighted by Crippen LogP contribution is 2.27. The summed E-state index contributed by atoms with van der Waals surface area (Å²) in [6.45, 7) is 0. The molecule has 0 atom stereocenters. The number of carbonyl (C=O) groups is 1. The molecule has 0 spiro atoms. The summed E-state index contributed by atoms with van der Waals surface area (Å²) in [5, 5.41) is 11.7. The van der Waals surface area contributed by atoms with Gasteiger partial charge in [-0.1, -0.05) is 41.4 Å². The van der Waals surface area contributed by atoms with E-state index in [-0.39, 0.29) is 5.69 Å². The molecule has 0 aliphatic carbocycles. The summed E-state index contributed by atoms with van der Waals surface area (Å²) in [5.41, 5.74) is 6.06. The number of anilines is 1. The average molecular weight is 402 g/mol. The smallest absolute Gasteiger partial charge is 0.289 e. The number of hydrogen-bond donors (Lipinski definition) is 2. The summed E-state index contributed by atoms with van der Waals surface area (Å²) in [6, 6.07) is 14.6. The summed E-state index contributed by atoms with van der Waals surface area (Å²) in [5.74, 6) is -0.394. The van der Waals surface area contributed by atoms with Gasteiger partial charge in [0.15, 0.2) is 0 Å². The van der Waals surface area contributed by atoms with Gasteiger partial charge in [-0.25, -0.2) is 5.43 Å². The number of carbonyl (C=O) groups excluding carboxylic acids is 1. The van der Waals surface area contributed by atoms with E-state index < -0.39 is 5.91 Å². The molecule has 0 aliphatic rings. The van der Waals surface area contributed by atoms with Crippen LogP contribution in [0.4, 0.5) is 5.69 Å². The van der Waals surface area contributed by atoms with Crippen LogP contribution < -0.4 is 10.3 Å². The van der Waals surface area contributed by atoms with Crippen LogP contribution in [0.2, 0.25) is 10.0 Å². The van der Waals surface area contributed by atoms with Crippen molar-refractivity contribution in [3.8, 4) is 11.3 Å². The van der Waals surface area contributed by atoms with Crippen molar-refractivity contribution in [3.05, 3.63) is 69.8 Å². The topological polar surface area (TPSA) is 73.4 Å². The lowest BCUT2D eigenvalue weighted by Gasteiger charge is -2.11. The van der Waals surface area contributed by atoms with Crippen LogP contribution in [0.3, 0.4) is 0 Å². The van der Waals surface area contributed by atoms with E-state index in [2.05, 4.69) is 20.7 Å². The number of hydrazone groups is 1. The maximum absolute atomic E-state index is 12.2. The van der Waals surface area contributed by atoms with E-state index in [0.717, 1.165) is 16.8 Å². The number of nitrogens with one attached hydrogen (secondary N) is 2. The first-order valence-electron chi connectivity index (χ1n) is 8.05. The van der Waals surface area contributed by atoms with Crippen molar-refractivity contribution in [3.63, 3.8) is 0 Å². The average Bonchev–Trinajstić information content (AvgIpc) is 3.14. The molecule has 0 aliphatic heterocycles. The van der Waals surface area contributed by atoms with Crippen molar-refractivity contribution in [2.45, 2.75) is 0 Å². The molecule has 2 aromatic carbocycles. The minimum absolute atomic E-state index is 0.288. The molecule has 0 bridgehead atoms. The van der Waals surface area contributed by atoms with Crippen LogP contribution in [0.25, 0.3) is 11.3 Å². The highest BCUT2D eigenvalue weighted by molar-refractivity contribution is 6.42. The minimum atomic E-state index is -0.394. The van der Waals surface area contributed by atoms with Crippen molar-refractivity contribution >= 4 is 41.0 Å². The van der Waals surface area contributed by atoms with Gasteiger partial charge >= 0.3 is 0 Å². The second-order valence-corrected chi connectivity index (χ2v) is 6.80. The summed E-state index contributed by atoms with van der Waals surface area (Å²) in [7, 11) is 3.94. The lowest BCUT2D eigenvalue weighted by molar-refractivity contribution is 0.0950. The third-order valence-corrected chi connectivity index (χ3v) is 4.57. The zero-order valence-corrected chi connectivity index (χ0v) is 16.2. The molecule has 8 heteroatoms. The standard InChI is InChI=1S/C19H17Cl2N5O/c1-26(2)14-6-3-12(4-7-14)11-22-25-19(27)18-10-17(23-24-18)13-5-8-15(20)16(21)9-13/h3-11H,1-2H3,(H,23,24)(H,25,27)/b22-11+. The Morgan fingerprint density at radius 2 is 1.85 bits per heavy atom. The molecule has 1 amide bonds. The van der Waals surface area contributed by atoms with E-state index in [1.165, 1.54) is 0 Å². The Balaban J connectivity index is 1.64. The fraction of sp³-hybridized carbons (Fsp3) is 0.105. The van der Waals surface area contributed by atoms with E-state index in [1.54, 1.807) is 30.5 Å². The lowest BCUT2D eigenvalue weighted by Crippen LogP contribution is -2.18. The van der Waals surface area contributed by atoms with Gasteiger partial charge in [-0.15, -0.1) is 0 Å². The maximum Gasteiger partial charge on any atom is 0.289 e. The summed E-state index contributed by atoms with van der Waals surface area (Å²) >= 11 is 11.9. The highest BCUT2D eigenvalue weighted by Gasteiger charge is 2.11. The quantitative estimate of drug-likeness (QED) is 0.496. The molecule has 0 saturated carbocycles. The molecule has 0 unspecified atom stereocenters. The normalized spacial score (nSPS) is 11.0. The number of amides is 1. The summed E-state index contributed by atoms with van der Waals surface area (Å²) < 4.78 is 0. The van der Waals surface area contributed by atoms with Crippen molar-refractivity contribution in [2.24, 2.45) is 5.10 Å². The van der Waals surface area contributed by atoms with Crippen LogP contribution in [0.15, 0.2) is 53.6 Å². The molecule has 1 heterocycles. The molecule has 1 aromatic heterocycles. The van der Waals surface area contributed by atoms with Crippen LogP contribution in [0.5, 0.6) is 0 Å². The van der Waals surface area contributed by atoms with Crippen molar-refractivity contribution < 1.29 is 4.79 Å². The summed E-state index contributed by atoms with van der Waals surface area (Å²) in [4.78, 5) is 14.2. The Morgan fingerprint density at radius 3 is 2.52 bits per heavy atom. The number of benzene rings is 2. The minimum Gasteiger partial charge on any atom is -0.378 e. The third-order valence-electron chi connectivity index (χ3n) is 3.83. The number of H-pyrrole nitrogens is 1. The monoisotopic (exact) mass is 401 g/mol. The Labute approximate surface area is 166 Å². The first-order chi connectivity index (χ1) is 12.9. The van der Waals surface area contributed by atoms with Gasteiger partial charge in [0, 0.05) is 25.3 Å². The van der Waals surface area contributed by atoms with E-state index >= 15 is 0 Å². The number of rotatable bonds is 5. The van der Waals surface area contributed by atoms with Gasteiger partial charge in [0.2, 0.25) is 0 Å². The molecule has 2 N–H and O–H groups in total. The second-order valence-electron chi connectivity index (χ2n) is 5.98. The predicted molar refractivity (Wildman–Crippen MR) is 110 cm³/mol. The SMILES string of the molecule is CN(C)c1ccc(/C=N/NC(=O)c2cc(-c3ccc(Cl)c(Cl)c3)n[nH]2)cc1. The first kappa shape index (κ1) is 18.9.